The van der Waals surface area contributed by atoms with E-state index in [1.165, 1.54) is 11.1 Å². The molecule has 12 heteroatoms. The predicted octanol–water partition coefficient (Wildman–Crippen LogP) is 17.3. The van der Waals surface area contributed by atoms with Gasteiger partial charge in [-0.15, -0.1) is 0 Å². The van der Waals surface area contributed by atoms with Gasteiger partial charge < -0.3 is 37.3 Å². The van der Waals surface area contributed by atoms with Crippen LogP contribution in [0.5, 0.6) is 0 Å². The quantitative estimate of drug-likeness (QED) is 0.0264. The van der Waals surface area contributed by atoms with Crippen LogP contribution in [0, 0.1) is 23.7 Å². The molecule has 2 fully saturated rings. The van der Waals surface area contributed by atoms with Gasteiger partial charge in [0, 0.05) is 37.9 Å². The molecule has 0 radical (unpaired) electrons. The summed E-state index contributed by atoms with van der Waals surface area (Å²) in [4.78, 5) is 0. The standard InChI is InChI=1S/C60H118O8Si4/c1-43(2)53-31-33-55(59(53)67-71(45(5)6,46(7)8)47(9)10)57(65-41-63-39-37-61-17)35-29-51(69(19,20)21)27-25-26-28-52(70(22,23)24)30-36-58(66-42-64-40-38-62-18)56-34-32-54(44(3)4)60(56)68-72(48(11)12,49(13)14)50(15)16/h27-28,45-50,53-60H,1,3,25-26,29-42H2,2,4-24H3/b51-27-,52-28-/t53-,54-,55-,56-,57-,58-,59+,60+/m1/s1. The van der Waals surface area contributed by atoms with Gasteiger partial charge in [-0.1, -0.05) is 169 Å². The molecule has 0 unspecified atom stereocenters. The highest BCUT2D eigenvalue weighted by atomic mass is 28.4. The van der Waals surface area contributed by atoms with E-state index in [-0.39, 0.29) is 38.0 Å². The second-order valence-corrected chi connectivity index (χ2v) is 47.3. The zero-order chi connectivity index (χ0) is 54.8. The van der Waals surface area contributed by atoms with Crippen LogP contribution in [0.15, 0.2) is 46.8 Å². The first-order chi connectivity index (χ1) is 33.6. The first-order valence-corrected chi connectivity index (χ1v) is 40.3. The van der Waals surface area contributed by atoms with Gasteiger partial charge in [-0.2, -0.15) is 0 Å². The number of unbranched alkanes of at least 4 members (excludes halogenated alkanes) is 1. The summed E-state index contributed by atoms with van der Waals surface area (Å²) in [6.07, 6.45) is 16.1. The van der Waals surface area contributed by atoms with Crippen LogP contribution < -0.4 is 0 Å². The molecule has 0 aromatic heterocycles. The third kappa shape index (κ3) is 19.2. The third-order valence-corrected chi connectivity index (χ3v) is 34.4. The van der Waals surface area contributed by atoms with Crippen LogP contribution in [-0.2, 0) is 37.3 Å². The lowest BCUT2D eigenvalue weighted by atomic mass is 9.90. The van der Waals surface area contributed by atoms with Crippen molar-refractivity contribution in [1.29, 1.82) is 0 Å². The molecular formula is C60H118O8Si4. The SMILES string of the molecule is C=C(C)[C@H]1CC[C@H]([C@@H](CC/C(=C/CC/C=C(/CC[C@@H](OCOCCOC)[C@H]2CC[C@H](C(=C)C)[C@@H]2O[Si](C(C)C)(C(C)C)C(C)C)[Si](C)(C)C)[Si](C)(C)C)OCOCCOC)[C@H]1O[Si](C(C)C)(C(C)C)C(C)C. The fourth-order valence-corrected chi connectivity index (χ4v) is 28.2. The third-order valence-electron chi connectivity index (χ3n) is 17.4. The van der Waals surface area contributed by atoms with E-state index in [2.05, 4.69) is 162 Å². The molecular weight excluding hydrogens is 961 g/mol. The maximum Gasteiger partial charge on any atom is 0.200 e. The highest BCUT2D eigenvalue weighted by molar-refractivity contribution is 6.83. The van der Waals surface area contributed by atoms with E-state index in [9.17, 15) is 0 Å². The van der Waals surface area contributed by atoms with Gasteiger partial charge in [0.1, 0.15) is 13.6 Å². The number of allylic oxidation sites excluding steroid dienone is 4. The first kappa shape index (κ1) is 67.6. The van der Waals surface area contributed by atoms with Crippen LogP contribution in [0.2, 0.25) is 72.5 Å². The summed E-state index contributed by atoms with van der Waals surface area (Å²) in [6, 6.07) is 0. The predicted molar refractivity (Wildman–Crippen MR) is 320 cm³/mol. The van der Waals surface area contributed by atoms with Gasteiger partial charge >= 0.3 is 0 Å². The van der Waals surface area contributed by atoms with Gasteiger partial charge in [0.2, 0.25) is 16.6 Å². The summed E-state index contributed by atoms with van der Waals surface area (Å²) >= 11 is 0. The van der Waals surface area contributed by atoms with Crippen molar-refractivity contribution in [3.05, 3.63) is 46.8 Å². The van der Waals surface area contributed by atoms with Crippen molar-refractivity contribution in [2.45, 2.75) is 258 Å². The molecule has 0 aromatic carbocycles. The Kier molecular flexibility index (Phi) is 29.9. The monoisotopic (exact) mass is 1080 g/mol. The van der Waals surface area contributed by atoms with Gasteiger partial charge in [0.05, 0.1) is 67.0 Å². The Morgan fingerprint density at radius 3 is 1.04 bits per heavy atom. The summed E-state index contributed by atoms with van der Waals surface area (Å²) in [5.74, 6) is 1.27. The van der Waals surface area contributed by atoms with Crippen molar-refractivity contribution in [1.82, 2.24) is 0 Å². The first-order valence-electron chi connectivity index (χ1n) is 29.0. The van der Waals surface area contributed by atoms with E-state index in [1.807, 2.05) is 0 Å². The van der Waals surface area contributed by atoms with Crippen LogP contribution >= 0.6 is 0 Å². The molecule has 0 bridgehead atoms. The smallest absolute Gasteiger partial charge is 0.200 e. The molecule has 0 spiro atoms. The molecule has 0 aromatic rings. The molecule has 2 rings (SSSR count). The van der Waals surface area contributed by atoms with E-state index in [1.54, 1.807) is 24.6 Å². The van der Waals surface area contributed by atoms with Crippen molar-refractivity contribution in [2.75, 3.05) is 54.2 Å². The van der Waals surface area contributed by atoms with Crippen LogP contribution in [0.25, 0.3) is 0 Å². The minimum Gasteiger partial charge on any atom is -0.412 e. The fourth-order valence-electron chi connectivity index (χ4n) is 13.7. The average molecular weight is 1080 g/mol. The summed E-state index contributed by atoms with van der Waals surface area (Å²) in [6.45, 7) is 60.2. The number of hydrogen-bond donors (Lipinski definition) is 0. The number of hydrogen-bond acceptors (Lipinski definition) is 8. The molecule has 422 valence electrons. The van der Waals surface area contributed by atoms with E-state index in [0.29, 0.717) is 83.3 Å². The lowest BCUT2D eigenvalue weighted by Crippen LogP contribution is -2.53. The van der Waals surface area contributed by atoms with Crippen molar-refractivity contribution in [2.24, 2.45) is 23.7 Å². The van der Waals surface area contributed by atoms with Gasteiger partial charge in [-0.05, 0) is 111 Å². The van der Waals surface area contributed by atoms with Crippen molar-refractivity contribution >= 4 is 32.8 Å². The molecule has 0 heterocycles. The molecule has 0 saturated heterocycles. The minimum atomic E-state index is -2.17. The Morgan fingerprint density at radius 1 is 0.486 bits per heavy atom. The topological polar surface area (TPSA) is 73.8 Å². The molecule has 0 amide bonds. The molecule has 8 atom stereocenters. The normalized spacial score (nSPS) is 23.0. The van der Waals surface area contributed by atoms with Crippen LogP contribution in [0.3, 0.4) is 0 Å². The largest absolute Gasteiger partial charge is 0.412 e. The summed E-state index contributed by atoms with van der Waals surface area (Å²) in [5.41, 5.74) is 5.57. The van der Waals surface area contributed by atoms with E-state index >= 15 is 0 Å². The maximum absolute atomic E-state index is 7.76. The molecule has 2 saturated carbocycles. The Hall–Kier alpha value is -0.492. The molecule has 8 nitrogen and oxygen atoms in total. The number of rotatable bonds is 37. The fraction of sp³-hybridized carbons (Fsp3) is 0.867. The summed E-state index contributed by atoms with van der Waals surface area (Å²) in [5, 5.41) is 3.29. The van der Waals surface area contributed by atoms with Crippen molar-refractivity contribution in [3.63, 3.8) is 0 Å². The Labute approximate surface area is 450 Å². The van der Waals surface area contributed by atoms with Gasteiger partial charge in [0.15, 0.2) is 0 Å². The van der Waals surface area contributed by atoms with Gasteiger partial charge in [0.25, 0.3) is 0 Å². The Balaban J connectivity index is 2.49. The lowest BCUT2D eigenvalue weighted by Gasteiger charge is -2.47. The summed E-state index contributed by atoms with van der Waals surface area (Å²) in [7, 11) is -4.22. The maximum atomic E-state index is 7.76. The Bertz CT molecular complexity index is 1470. The average Bonchev–Trinajstić information content (AvgIpc) is 3.89. The van der Waals surface area contributed by atoms with Crippen LogP contribution in [0.1, 0.15) is 161 Å². The number of methoxy groups -OCH3 is 2. The highest BCUT2D eigenvalue weighted by Gasteiger charge is 2.53. The highest BCUT2D eigenvalue weighted by Crippen LogP contribution is 2.51. The number of ether oxygens (including phenoxy) is 6. The van der Waals surface area contributed by atoms with Gasteiger partial charge in [-0.3, -0.25) is 0 Å². The lowest BCUT2D eigenvalue weighted by molar-refractivity contribution is -0.125. The zero-order valence-electron chi connectivity index (χ0n) is 51.2. The van der Waals surface area contributed by atoms with Crippen LogP contribution in [-0.4, -0.2) is 111 Å². The second-order valence-electron chi connectivity index (χ2n) is 26.2. The van der Waals surface area contributed by atoms with Crippen molar-refractivity contribution < 1.29 is 37.3 Å². The molecule has 2 aliphatic carbocycles. The van der Waals surface area contributed by atoms with Crippen molar-refractivity contribution in [3.8, 4) is 0 Å². The molecule has 0 aliphatic heterocycles. The second kappa shape index (κ2) is 31.8. The Morgan fingerprint density at radius 2 is 0.792 bits per heavy atom. The minimum absolute atomic E-state index is 0.0363. The summed E-state index contributed by atoms with van der Waals surface area (Å²) < 4.78 is 51.9. The zero-order valence-corrected chi connectivity index (χ0v) is 55.2. The van der Waals surface area contributed by atoms with Gasteiger partial charge in [-0.25, -0.2) is 0 Å². The molecule has 2 aliphatic rings. The molecule has 0 N–H and O–H groups in total. The van der Waals surface area contributed by atoms with E-state index in [4.69, 9.17) is 37.3 Å². The van der Waals surface area contributed by atoms with E-state index < -0.39 is 32.8 Å². The molecule has 72 heavy (non-hydrogen) atoms. The van der Waals surface area contributed by atoms with Crippen LogP contribution in [0.4, 0.5) is 0 Å². The van der Waals surface area contributed by atoms with E-state index in [0.717, 1.165) is 64.2 Å².